The SMILES string of the molecule is [2H]c1nc(-c2[c-]c(-c3cccc4c3nc(-c3cc(C(C)C)cc(C(C)C)c3O)n4-c3ccc(C(C)(C)C)cc3-c3ccccc3)cc(C(C)(C)C)c2)c([2H])c(-c2c([2H])c([2H])c(C(C([2H])([2H])[2H])(C([2H])([2H])[2H])C([2H])([2H])[2H])c([2H])c2[2H])c1[2H].[Pt]. The Balaban J connectivity index is 0.00000946. The van der Waals surface area contributed by atoms with Gasteiger partial charge in [0, 0.05) is 50.8 Å². The minimum absolute atomic E-state index is 0. The van der Waals surface area contributed by atoms with Gasteiger partial charge in [-0.1, -0.05) is 186 Å². The van der Waals surface area contributed by atoms with Crippen molar-refractivity contribution in [1.29, 1.82) is 0 Å². The minimum atomic E-state index is -3.93. The number of aromatic nitrogens is 3. The van der Waals surface area contributed by atoms with Crippen molar-refractivity contribution in [2.45, 2.75) is 118 Å². The maximum atomic E-state index is 12.4. The van der Waals surface area contributed by atoms with Gasteiger partial charge < -0.3 is 5.11 Å². The van der Waals surface area contributed by atoms with Gasteiger partial charge in [-0.05, 0) is 97.3 Å². The molecule has 0 aliphatic rings. The van der Waals surface area contributed by atoms with E-state index in [0.717, 1.165) is 33.5 Å². The predicted molar refractivity (Wildman–Crippen MR) is 271 cm³/mol. The van der Waals surface area contributed by atoms with Gasteiger partial charge in [-0.15, -0.1) is 29.3 Å². The average molecular weight is 1050 g/mol. The summed E-state index contributed by atoms with van der Waals surface area (Å²) in [5.41, 5.74) is 1.40. The van der Waals surface area contributed by atoms with Gasteiger partial charge in [-0.2, -0.15) is 0 Å². The topological polar surface area (TPSA) is 50.9 Å². The third-order valence-electron chi connectivity index (χ3n) is 11.7. The number of hydrogen-bond donors (Lipinski definition) is 1. The van der Waals surface area contributed by atoms with Gasteiger partial charge in [-0.25, -0.2) is 4.98 Å². The molecule has 1 N–H and O–H groups in total. The standard InChI is InChI=1S/C60H64N3O.Pt/c1-37(2)42-33-49(38(3)4)56(64)51(34-42)57-62-55-48(20-17-21-54(55)63(57)53-27-26-46(59(8,9)10)36-50(53)40-18-15-14-16-19-40)43-30-44(32-47(31-43)60(11,12)13)52-35-41(28-29-61-52)39-22-24-45(25-23-39)58(5,6)7;/h14-29,31-38,64H,1-13H3;/q-1;/i5D3,6D3,7D3,22D,23D,24D,25D,28D,29D,35D;. The second kappa shape index (κ2) is 18.0. The van der Waals surface area contributed by atoms with E-state index in [2.05, 4.69) is 80.6 Å². The fourth-order valence-electron chi connectivity index (χ4n) is 7.88. The fourth-order valence-corrected chi connectivity index (χ4v) is 7.88. The molecule has 65 heavy (non-hydrogen) atoms. The van der Waals surface area contributed by atoms with Crippen LogP contribution in [0.5, 0.6) is 5.75 Å². The number of imidazole rings is 1. The summed E-state index contributed by atoms with van der Waals surface area (Å²) >= 11 is 0. The van der Waals surface area contributed by atoms with E-state index >= 15 is 0 Å². The Hall–Kier alpha value is -5.57. The van der Waals surface area contributed by atoms with Crippen LogP contribution < -0.4 is 0 Å². The van der Waals surface area contributed by atoms with E-state index in [-0.39, 0.29) is 55.3 Å². The molecule has 0 radical (unpaired) electrons. The zero-order chi connectivity index (χ0) is 59.5. The molecule has 0 fully saturated rings. The number of pyridine rings is 1. The summed E-state index contributed by atoms with van der Waals surface area (Å²) in [4.78, 5) is 9.89. The largest absolute Gasteiger partial charge is 0.507 e. The molecule has 0 bridgehead atoms. The second-order valence-corrected chi connectivity index (χ2v) is 19.3. The number of benzene rings is 6. The maximum Gasteiger partial charge on any atom is 0.148 e. The number of hydrogen-bond acceptors (Lipinski definition) is 3. The van der Waals surface area contributed by atoms with E-state index in [1.54, 1.807) is 6.07 Å². The van der Waals surface area contributed by atoms with Crippen LogP contribution in [0.15, 0.2) is 133 Å². The number of phenolic OH excluding ortho intramolecular Hbond substituents is 1. The zero-order valence-corrected chi connectivity index (χ0v) is 40.7. The Morgan fingerprint density at radius 3 is 1.97 bits per heavy atom. The first-order chi connectivity index (χ1) is 36.9. The summed E-state index contributed by atoms with van der Waals surface area (Å²) in [7, 11) is 0. The molecule has 0 saturated heterocycles. The predicted octanol–water partition coefficient (Wildman–Crippen LogP) is 16.4. The van der Waals surface area contributed by atoms with E-state index in [4.69, 9.17) is 22.8 Å². The molecule has 0 spiro atoms. The van der Waals surface area contributed by atoms with Gasteiger partial charge in [0.25, 0.3) is 0 Å². The molecule has 8 aromatic rings. The Labute approximate surface area is 425 Å². The Morgan fingerprint density at radius 1 is 0.631 bits per heavy atom. The Morgan fingerprint density at radius 2 is 1.32 bits per heavy atom. The molecule has 4 nitrogen and oxygen atoms in total. The number of rotatable bonds is 8. The number of aromatic hydroxyl groups is 1. The van der Waals surface area contributed by atoms with Crippen molar-refractivity contribution in [1.82, 2.24) is 14.5 Å². The quantitative estimate of drug-likeness (QED) is 0.154. The van der Waals surface area contributed by atoms with Crippen LogP contribution >= 0.6 is 0 Å². The van der Waals surface area contributed by atoms with Crippen LogP contribution in [0.25, 0.3) is 72.7 Å². The minimum Gasteiger partial charge on any atom is -0.507 e. The van der Waals surface area contributed by atoms with Gasteiger partial charge in [0.2, 0.25) is 0 Å². The first-order valence-electron chi connectivity index (χ1n) is 29.6. The number of fused-ring (bicyclic) bond motifs is 1. The third kappa shape index (κ3) is 9.57. The molecular weight excluding hydrogens is 974 g/mol. The van der Waals surface area contributed by atoms with Crippen molar-refractivity contribution in [2.24, 2.45) is 0 Å². The van der Waals surface area contributed by atoms with Gasteiger partial charge in [0.05, 0.1) is 31.9 Å². The first kappa shape index (κ1) is 30.6. The summed E-state index contributed by atoms with van der Waals surface area (Å²) in [5.74, 6) is 0.605. The first-order valence-corrected chi connectivity index (χ1v) is 21.6. The van der Waals surface area contributed by atoms with Crippen LogP contribution in [-0.4, -0.2) is 19.6 Å². The average Bonchev–Trinajstić information content (AvgIpc) is 3.74. The van der Waals surface area contributed by atoms with Crippen molar-refractivity contribution in [2.75, 3.05) is 0 Å². The van der Waals surface area contributed by atoms with E-state index in [9.17, 15) is 9.22 Å². The smallest absolute Gasteiger partial charge is 0.148 e. The van der Waals surface area contributed by atoms with Gasteiger partial charge in [0.15, 0.2) is 0 Å². The summed E-state index contributed by atoms with van der Waals surface area (Å²) in [6, 6.07) is 27.0. The molecule has 0 unspecified atom stereocenters. The molecule has 0 amide bonds. The molecule has 0 saturated carbocycles. The molecule has 0 aliphatic carbocycles. The molecule has 2 aromatic heterocycles. The van der Waals surface area contributed by atoms with Crippen molar-refractivity contribution < 1.29 is 48.1 Å². The maximum absolute atomic E-state index is 12.4. The van der Waals surface area contributed by atoms with Crippen molar-refractivity contribution in [3.05, 3.63) is 167 Å². The molecule has 2 heterocycles. The van der Waals surface area contributed by atoms with Crippen LogP contribution in [0, 0.1) is 6.07 Å². The van der Waals surface area contributed by atoms with Crippen LogP contribution in [-0.2, 0) is 37.3 Å². The van der Waals surface area contributed by atoms with Crippen LogP contribution in [0.2, 0.25) is 0 Å². The normalized spacial score (nSPS) is 16.4. The molecule has 0 aliphatic heterocycles. The zero-order valence-electron chi connectivity index (χ0n) is 54.4. The van der Waals surface area contributed by atoms with Crippen molar-refractivity contribution in [3.8, 4) is 67.5 Å². The van der Waals surface area contributed by atoms with Gasteiger partial charge >= 0.3 is 0 Å². The van der Waals surface area contributed by atoms with Gasteiger partial charge in [0.1, 0.15) is 11.6 Å². The van der Waals surface area contributed by atoms with Crippen LogP contribution in [0.3, 0.4) is 0 Å². The molecular formula is C60H64N3OPt-. The molecule has 8 rings (SSSR count). The van der Waals surface area contributed by atoms with Crippen molar-refractivity contribution in [3.63, 3.8) is 0 Å². The summed E-state index contributed by atoms with van der Waals surface area (Å²) in [6.07, 6.45) is -0.744. The third-order valence-corrected chi connectivity index (χ3v) is 11.7. The van der Waals surface area contributed by atoms with Gasteiger partial charge in [-0.3, -0.25) is 9.55 Å². The number of nitrogens with zero attached hydrogens (tertiary/aromatic N) is 3. The van der Waals surface area contributed by atoms with Crippen LogP contribution in [0.4, 0.5) is 0 Å². The monoisotopic (exact) mass is 1050 g/mol. The summed E-state index contributed by atoms with van der Waals surface area (Å²) < 4.78 is 141. The second-order valence-electron chi connectivity index (χ2n) is 19.3. The van der Waals surface area contributed by atoms with E-state index < -0.39 is 90.5 Å². The molecule has 6 aromatic carbocycles. The Kier molecular flexibility index (Phi) is 8.48. The van der Waals surface area contributed by atoms with E-state index in [1.165, 1.54) is 0 Å². The fraction of sp³-hybridized carbons (Fsp3) is 0.300. The van der Waals surface area contributed by atoms with E-state index in [1.807, 2.05) is 89.2 Å². The number of phenols is 1. The number of para-hydroxylation sites is 1. The van der Waals surface area contributed by atoms with Crippen LogP contribution in [0.1, 0.15) is 151 Å². The Bertz CT molecular complexity index is 3690. The van der Waals surface area contributed by atoms with E-state index in [0.29, 0.717) is 39.1 Å². The molecule has 5 heteroatoms. The molecule has 336 valence electrons. The summed E-state index contributed by atoms with van der Waals surface area (Å²) in [5, 5.41) is 12.4. The summed E-state index contributed by atoms with van der Waals surface area (Å²) in [6.45, 7) is 8.88. The molecule has 0 atom stereocenters. The van der Waals surface area contributed by atoms with Crippen molar-refractivity contribution >= 4 is 11.0 Å².